The Kier molecular flexibility index (Phi) is 4.06. The van der Waals surface area contributed by atoms with E-state index in [1.165, 1.54) is 4.68 Å². The standard InChI is InChI=1S/C14H18N4O/c1-3-8-18-14(19)11(10(2)15)9-13(17-18)12-6-4-5-7-16-12/h4-7,9-10H,3,8,15H2,1-2H3. The quantitative estimate of drug-likeness (QED) is 0.906. The molecule has 1 atom stereocenters. The molecule has 5 heteroatoms. The molecule has 100 valence electrons. The van der Waals surface area contributed by atoms with Gasteiger partial charge >= 0.3 is 0 Å². The number of rotatable bonds is 4. The van der Waals surface area contributed by atoms with E-state index in [9.17, 15) is 4.79 Å². The van der Waals surface area contributed by atoms with Gasteiger partial charge in [0.1, 0.15) is 5.69 Å². The van der Waals surface area contributed by atoms with E-state index in [2.05, 4.69) is 10.1 Å². The fourth-order valence-electron chi connectivity index (χ4n) is 1.89. The van der Waals surface area contributed by atoms with Crippen LogP contribution in [-0.4, -0.2) is 14.8 Å². The third-order valence-corrected chi connectivity index (χ3v) is 2.86. The van der Waals surface area contributed by atoms with Crippen LogP contribution in [-0.2, 0) is 6.54 Å². The first-order valence-corrected chi connectivity index (χ1v) is 6.42. The van der Waals surface area contributed by atoms with Gasteiger partial charge in [-0.05, 0) is 31.5 Å². The van der Waals surface area contributed by atoms with Crippen LogP contribution in [0.1, 0.15) is 31.9 Å². The van der Waals surface area contributed by atoms with E-state index in [1.54, 1.807) is 19.2 Å². The molecule has 19 heavy (non-hydrogen) atoms. The van der Waals surface area contributed by atoms with Gasteiger partial charge in [-0.15, -0.1) is 0 Å². The molecule has 0 fully saturated rings. The summed E-state index contributed by atoms with van der Waals surface area (Å²) in [6.07, 6.45) is 2.55. The molecular formula is C14H18N4O. The predicted octanol–water partition coefficient (Wildman–Crippen LogP) is 1.73. The lowest BCUT2D eigenvalue weighted by Crippen LogP contribution is -2.29. The fourth-order valence-corrected chi connectivity index (χ4v) is 1.89. The molecule has 0 saturated carbocycles. The molecule has 0 aliphatic heterocycles. The molecule has 0 amide bonds. The maximum absolute atomic E-state index is 12.2. The molecule has 2 heterocycles. The Morgan fingerprint density at radius 2 is 2.16 bits per heavy atom. The van der Waals surface area contributed by atoms with Crippen molar-refractivity contribution in [1.82, 2.24) is 14.8 Å². The molecule has 2 N–H and O–H groups in total. The number of aromatic nitrogens is 3. The van der Waals surface area contributed by atoms with Crippen molar-refractivity contribution in [3.8, 4) is 11.4 Å². The highest BCUT2D eigenvalue weighted by atomic mass is 16.1. The van der Waals surface area contributed by atoms with Gasteiger partial charge in [-0.25, -0.2) is 4.68 Å². The molecule has 0 aromatic carbocycles. The minimum Gasteiger partial charge on any atom is -0.324 e. The molecule has 0 saturated heterocycles. The summed E-state index contributed by atoms with van der Waals surface area (Å²) in [5.74, 6) is 0. The van der Waals surface area contributed by atoms with Gasteiger partial charge in [0, 0.05) is 24.3 Å². The Morgan fingerprint density at radius 3 is 2.74 bits per heavy atom. The maximum atomic E-state index is 12.2. The largest absolute Gasteiger partial charge is 0.324 e. The van der Waals surface area contributed by atoms with E-state index in [0.717, 1.165) is 12.1 Å². The monoisotopic (exact) mass is 258 g/mol. The van der Waals surface area contributed by atoms with Crippen molar-refractivity contribution >= 4 is 0 Å². The highest BCUT2D eigenvalue weighted by Gasteiger charge is 2.12. The van der Waals surface area contributed by atoms with Crippen LogP contribution in [0.2, 0.25) is 0 Å². The Labute approximate surface area is 112 Å². The van der Waals surface area contributed by atoms with Gasteiger partial charge in [-0.1, -0.05) is 13.0 Å². The zero-order valence-corrected chi connectivity index (χ0v) is 11.2. The van der Waals surface area contributed by atoms with Crippen LogP contribution >= 0.6 is 0 Å². The van der Waals surface area contributed by atoms with Crippen LogP contribution in [0.3, 0.4) is 0 Å². The van der Waals surface area contributed by atoms with Crippen molar-refractivity contribution in [1.29, 1.82) is 0 Å². The Morgan fingerprint density at radius 1 is 1.37 bits per heavy atom. The lowest BCUT2D eigenvalue weighted by molar-refractivity contribution is 0.558. The summed E-state index contributed by atoms with van der Waals surface area (Å²) in [7, 11) is 0. The average Bonchev–Trinajstić information content (AvgIpc) is 2.42. The van der Waals surface area contributed by atoms with Crippen molar-refractivity contribution in [2.75, 3.05) is 0 Å². The number of aryl methyl sites for hydroxylation is 1. The average molecular weight is 258 g/mol. The first kappa shape index (κ1) is 13.4. The molecule has 2 rings (SSSR count). The van der Waals surface area contributed by atoms with Crippen LogP contribution in [0.4, 0.5) is 0 Å². The van der Waals surface area contributed by atoms with Gasteiger partial charge < -0.3 is 5.73 Å². The van der Waals surface area contributed by atoms with Crippen LogP contribution in [0.25, 0.3) is 11.4 Å². The summed E-state index contributed by atoms with van der Waals surface area (Å²) in [5, 5.41) is 4.36. The van der Waals surface area contributed by atoms with Gasteiger partial charge in [-0.2, -0.15) is 5.10 Å². The normalized spacial score (nSPS) is 12.4. The van der Waals surface area contributed by atoms with Crippen LogP contribution in [0, 0.1) is 0 Å². The predicted molar refractivity (Wildman–Crippen MR) is 74.6 cm³/mol. The molecule has 0 bridgehead atoms. The highest BCUT2D eigenvalue weighted by Crippen LogP contribution is 2.15. The van der Waals surface area contributed by atoms with Crippen molar-refractivity contribution in [2.24, 2.45) is 5.73 Å². The second-order valence-corrected chi connectivity index (χ2v) is 4.52. The minimum absolute atomic E-state index is 0.114. The van der Waals surface area contributed by atoms with Crippen LogP contribution < -0.4 is 11.3 Å². The number of pyridine rings is 1. The van der Waals surface area contributed by atoms with Gasteiger partial charge in [-0.3, -0.25) is 9.78 Å². The smallest absolute Gasteiger partial charge is 0.271 e. The summed E-state index contributed by atoms with van der Waals surface area (Å²) < 4.78 is 1.47. The van der Waals surface area contributed by atoms with Crippen LogP contribution in [0.5, 0.6) is 0 Å². The molecule has 0 aliphatic rings. The third-order valence-electron chi connectivity index (χ3n) is 2.86. The van der Waals surface area contributed by atoms with Crippen molar-refractivity contribution in [3.63, 3.8) is 0 Å². The van der Waals surface area contributed by atoms with E-state index >= 15 is 0 Å². The molecule has 0 spiro atoms. The SMILES string of the molecule is CCCn1nc(-c2ccccn2)cc(C(C)N)c1=O. The van der Waals surface area contributed by atoms with E-state index in [4.69, 9.17) is 5.73 Å². The molecular weight excluding hydrogens is 240 g/mol. The lowest BCUT2D eigenvalue weighted by atomic mass is 10.1. The highest BCUT2D eigenvalue weighted by molar-refractivity contribution is 5.53. The second kappa shape index (κ2) is 5.75. The molecule has 2 aromatic heterocycles. The fraction of sp³-hybridized carbons (Fsp3) is 0.357. The van der Waals surface area contributed by atoms with Gasteiger partial charge in [0.15, 0.2) is 0 Å². The molecule has 0 radical (unpaired) electrons. The number of hydrogen-bond acceptors (Lipinski definition) is 4. The Bertz CT molecular complexity index is 605. The van der Waals surface area contributed by atoms with E-state index in [-0.39, 0.29) is 11.6 Å². The molecule has 0 aliphatic carbocycles. The number of nitrogens with zero attached hydrogens (tertiary/aromatic N) is 3. The van der Waals surface area contributed by atoms with E-state index in [0.29, 0.717) is 17.8 Å². The summed E-state index contributed by atoms with van der Waals surface area (Å²) in [6, 6.07) is 7.03. The Hall–Kier alpha value is -2.01. The summed E-state index contributed by atoms with van der Waals surface area (Å²) in [6.45, 7) is 4.39. The first-order valence-electron chi connectivity index (χ1n) is 6.42. The van der Waals surface area contributed by atoms with Gasteiger partial charge in [0.05, 0.1) is 5.69 Å². The second-order valence-electron chi connectivity index (χ2n) is 4.52. The van der Waals surface area contributed by atoms with E-state index in [1.807, 2.05) is 25.1 Å². The topological polar surface area (TPSA) is 73.8 Å². The summed E-state index contributed by atoms with van der Waals surface area (Å²) in [5.41, 5.74) is 7.75. The van der Waals surface area contributed by atoms with Crippen molar-refractivity contribution in [3.05, 3.63) is 46.4 Å². The van der Waals surface area contributed by atoms with Crippen LogP contribution in [0.15, 0.2) is 35.3 Å². The third kappa shape index (κ3) is 2.88. The van der Waals surface area contributed by atoms with Gasteiger partial charge in [0.25, 0.3) is 5.56 Å². The summed E-state index contributed by atoms with van der Waals surface area (Å²) in [4.78, 5) is 16.4. The van der Waals surface area contributed by atoms with Crippen molar-refractivity contribution < 1.29 is 0 Å². The molecule has 5 nitrogen and oxygen atoms in total. The van der Waals surface area contributed by atoms with E-state index < -0.39 is 0 Å². The zero-order chi connectivity index (χ0) is 13.8. The zero-order valence-electron chi connectivity index (χ0n) is 11.2. The number of nitrogens with two attached hydrogens (primary N) is 1. The van der Waals surface area contributed by atoms with Crippen molar-refractivity contribution in [2.45, 2.75) is 32.9 Å². The first-order chi connectivity index (χ1) is 9.13. The van der Waals surface area contributed by atoms with Gasteiger partial charge in [0.2, 0.25) is 0 Å². The Balaban J connectivity index is 2.60. The molecule has 2 aromatic rings. The maximum Gasteiger partial charge on any atom is 0.271 e. The number of hydrogen-bond donors (Lipinski definition) is 1. The summed E-state index contributed by atoms with van der Waals surface area (Å²) >= 11 is 0. The lowest BCUT2D eigenvalue weighted by Gasteiger charge is -2.11. The molecule has 1 unspecified atom stereocenters. The minimum atomic E-state index is -0.318.